The third-order valence-corrected chi connectivity index (χ3v) is 7.25. The van der Waals surface area contributed by atoms with E-state index in [2.05, 4.69) is 37.4 Å². The number of nitrogens with two attached hydrogens (primary N) is 2. The zero-order chi connectivity index (χ0) is 32.2. The maximum absolute atomic E-state index is 13.5. The van der Waals surface area contributed by atoms with Crippen molar-refractivity contribution in [3.63, 3.8) is 0 Å². The van der Waals surface area contributed by atoms with Gasteiger partial charge in [0.25, 0.3) is 5.91 Å². The van der Waals surface area contributed by atoms with Crippen LogP contribution in [0.3, 0.4) is 0 Å². The highest BCUT2D eigenvalue weighted by Crippen LogP contribution is 2.40. The summed E-state index contributed by atoms with van der Waals surface area (Å²) in [7, 11) is 3.18. The molecule has 0 aliphatic heterocycles. The van der Waals surface area contributed by atoms with E-state index < -0.39 is 11.5 Å². The molecule has 0 aliphatic carbocycles. The third-order valence-electron chi connectivity index (χ3n) is 6.83. The number of methoxy groups -OCH3 is 1. The van der Waals surface area contributed by atoms with Crippen LogP contribution in [0, 0.1) is 17.7 Å². The number of amidine groups is 1. The second kappa shape index (κ2) is 13.5. The van der Waals surface area contributed by atoms with Gasteiger partial charge in [-0.3, -0.25) is 15.2 Å². The van der Waals surface area contributed by atoms with Crippen LogP contribution in [0.4, 0.5) is 17.1 Å². The molecule has 0 saturated carbocycles. The summed E-state index contributed by atoms with van der Waals surface area (Å²) < 4.78 is 8.91. The molecule has 1 atom stereocenters. The van der Waals surface area contributed by atoms with Crippen LogP contribution in [0.25, 0.3) is 0 Å². The first-order valence-electron chi connectivity index (χ1n) is 13.5. The van der Waals surface area contributed by atoms with Gasteiger partial charge in [0, 0.05) is 25.1 Å². The van der Waals surface area contributed by atoms with Crippen molar-refractivity contribution in [2.45, 2.75) is 60.0 Å². The number of aliphatic hydroxyl groups excluding tert-OH is 1. The summed E-state index contributed by atoms with van der Waals surface area (Å²) in [6.07, 6.45) is 2.37. The van der Waals surface area contributed by atoms with Gasteiger partial charge in [0.2, 0.25) is 0 Å². The number of carbonyl (C=O) groups excluding carboxylic acids is 1. The topological polar surface area (TPSA) is 153 Å². The number of ether oxygens (including phenoxy) is 1. The minimum absolute atomic E-state index is 0.0379. The van der Waals surface area contributed by atoms with Gasteiger partial charge in [-0.2, -0.15) is 0 Å². The normalized spacial score (nSPS) is 12.8. The Labute approximate surface area is 254 Å². The van der Waals surface area contributed by atoms with Gasteiger partial charge >= 0.3 is 0 Å². The predicted octanol–water partition coefficient (Wildman–Crippen LogP) is 5.55. The van der Waals surface area contributed by atoms with Crippen molar-refractivity contribution in [3.05, 3.63) is 71.2 Å². The minimum Gasteiger partial charge on any atom is -0.492 e. The molecule has 11 heteroatoms. The maximum Gasteiger partial charge on any atom is 0.255 e. The zero-order valence-electron chi connectivity index (χ0n) is 26.5. The van der Waals surface area contributed by atoms with Crippen molar-refractivity contribution in [3.8, 4) is 5.75 Å². The molecule has 230 valence electrons. The van der Waals surface area contributed by atoms with E-state index in [0.29, 0.717) is 28.4 Å². The molecule has 2 aromatic carbocycles. The number of hydrazine groups is 1. The van der Waals surface area contributed by atoms with E-state index in [-0.39, 0.29) is 22.9 Å². The van der Waals surface area contributed by atoms with Crippen LogP contribution in [-0.4, -0.2) is 48.3 Å². The van der Waals surface area contributed by atoms with Crippen molar-refractivity contribution in [1.82, 2.24) is 4.90 Å². The van der Waals surface area contributed by atoms with E-state index >= 15 is 0 Å². The quantitative estimate of drug-likeness (QED) is 0.0516. The summed E-state index contributed by atoms with van der Waals surface area (Å²) in [6, 6.07) is 9.14. The van der Waals surface area contributed by atoms with E-state index in [9.17, 15) is 9.90 Å². The number of nitrogens with one attached hydrogen (secondary N) is 3. The molecule has 1 amide bonds. The summed E-state index contributed by atoms with van der Waals surface area (Å²) in [5, 5.41) is 23.2. The highest BCUT2D eigenvalue weighted by atomic mass is 32.2. The fourth-order valence-electron chi connectivity index (χ4n) is 4.01. The van der Waals surface area contributed by atoms with Gasteiger partial charge < -0.3 is 30.5 Å². The second-order valence-electron chi connectivity index (χ2n) is 12.3. The number of hydrogen-bond acceptors (Lipinski definition) is 9. The molecule has 2 aromatic rings. The monoisotopic (exact) mass is 597 g/mol. The molecule has 0 fully saturated rings. The van der Waals surface area contributed by atoms with E-state index in [1.54, 1.807) is 32.4 Å². The van der Waals surface area contributed by atoms with Crippen molar-refractivity contribution in [1.29, 1.82) is 5.41 Å². The number of carbonyl (C=O) groups is 1. The van der Waals surface area contributed by atoms with Crippen molar-refractivity contribution in [2.24, 2.45) is 17.0 Å². The maximum atomic E-state index is 13.5. The second-order valence-corrected chi connectivity index (χ2v) is 12.9. The summed E-state index contributed by atoms with van der Waals surface area (Å²) in [4.78, 5) is 14.9. The molecule has 0 bridgehead atoms. The Balaban J connectivity index is 2.39. The molecule has 0 spiro atoms. The first-order valence-corrected chi connectivity index (χ1v) is 14.7. The smallest absolute Gasteiger partial charge is 0.255 e. The summed E-state index contributed by atoms with van der Waals surface area (Å²) >= 11 is 1.44. The van der Waals surface area contributed by atoms with Crippen LogP contribution in [0.2, 0.25) is 0 Å². The molecule has 8 N–H and O–H groups in total. The first kappa shape index (κ1) is 34.5. The number of likely N-dealkylation sites (N-methyl/N-ethyl adjacent to an activating group) is 1. The Bertz CT molecular complexity index is 1360. The molecule has 0 heterocycles. The molecule has 0 radical (unpaired) electrons. The van der Waals surface area contributed by atoms with Gasteiger partial charge in [0.1, 0.15) is 11.9 Å². The van der Waals surface area contributed by atoms with Crippen LogP contribution in [0.5, 0.6) is 5.75 Å². The number of amides is 1. The van der Waals surface area contributed by atoms with Gasteiger partial charge in [0.15, 0.2) is 5.75 Å². The lowest BCUT2D eigenvalue weighted by Gasteiger charge is -2.32. The van der Waals surface area contributed by atoms with Crippen molar-refractivity contribution in [2.75, 3.05) is 35.5 Å². The van der Waals surface area contributed by atoms with Gasteiger partial charge in [-0.25, -0.2) is 5.84 Å². The summed E-state index contributed by atoms with van der Waals surface area (Å²) in [5.74, 6) is 6.53. The van der Waals surface area contributed by atoms with Crippen LogP contribution in [0.15, 0.2) is 54.5 Å². The SMILES string of the molecule is C=C(/C(N)=C/N(N)c1cc(C(=O)Nc2cc(C(C)(C)C)cc(NSC)c2OC)ccc1C)N(C)C(=N)C(O)C(C)(C)C. The average Bonchev–Trinajstić information content (AvgIpc) is 2.90. The number of anilines is 3. The third kappa shape index (κ3) is 8.21. The standard InChI is InChI=1S/C31H47N7O3S/c1-18-12-13-20(29(40)35-23-15-21(30(3,4)5)16-24(36-42-11)26(23)41-10)14-25(18)38(34)17-22(32)19(2)37(9)28(33)27(39)31(6,7)8/h12-17,27,33,36,39H,2,32,34H2,1,3-11H3,(H,35,40)/b22-17-,33-28?. The van der Waals surface area contributed by atoms with Crippen LogP contribution >= 0.6 is 11.9 Å². The molecule has 1 unspecified atom stereocenters. The van der Waals surface area contributed by atoms with Gasteiger partial charge in [-0.15, -0.1) is 0 Å². The number of rotatable bonds is 10. The van der Waals surface area contributed by atoms with E-state index in [1.165, 1.54) is 28.1 Å². The van der Waals surface area contributed by atoms with Gasteiger partial charge in [-0.05, 0) is 53.1 Å². The van der Waals surface area contributed by atoms with Crippen LogP contribution in [-0.2, 0) is 5.41 Å². The molecule has 0 aromatic heterocycles. The molecular formula is C31H47N7O3S. The van der Waals surface area contributed by atoms with Gasteiger partial charge in [0.05, 0.1) is 35.6 Å². The largest absolute Gasteiger partial charge is 0.492 e. The predicted molar refractivity (Wildman–Crippen MR) is 177 cm³/mol. The van der Waals surface area contributed by atoms with Gasteiger partial charge in [-0.1, -0.05) is 66.1 Å². The fraction of sp³-hybridized carbons (Fsp3) is 0.419. The lowest BCUT2D eigenvalue weighted by Crippen LogP contribution is -2.43. The average molecular weight is 598 g/mol. The lowest BCUT2D eigenvalue weighted by atomic mass is 9.86. The van der Waals surface area contributed by atoms with E-state index in [0.717, 1.165) is 16.8 Å². The Morgan fingerprint density at radius 1 is 1.17 bits per heavy atom. The van der Waals surface area contributed by atoms with Crippen LogP contribution < -0.4 is 31.4 Å². The molecular weight excluding hydrogens is 550 g/mol. The Kier molecular flexibility index (Phi) is 11.1. The Morgan fingerprint density at radius 3 is 2.29 bits per heavy atom. The number of nitrogens with zero attached hydrogens (tertiary/aromatic N) is 2. The Hall–Kier alpha value is -3.67. The number of aryl methyl sites for hydroxylation is 1. The van der Waals surface area contributed by atoms with E-state index in [1.807, 2.05) is 46.1 Å². The number of aliphatic hydroxyl groups is 1. The molecule has 2 rings (SSSR count). The first-order chi connectivity index (χ1) is 19.3. The highest BCUT2D eigenvalue weighted by molar-refractivity contribution is 7.99. The van der Waals surface area contributed by atoms with Crippen molar-refractivity contribution >= 4 is 40.8 Å². The summed E-state index contributed by atoms with van der Waals surface area (Å²) in [5.41, 5.74) is 10.2. The molecule has 0 saturated heterocycles. The minimum atomic E-state index is -1.02. The zero-order valence-corrected chi connectivity index (χ0v) is 27.3. The summed E-state index contributed by atoms with van der Waals surface area (Å²) in [6.45, 7) is 17.7. The molecule has 0 aliphatic rings. The van der Waals surface area contributed by atoms with Crippen LogP contribution in [0.1, 0.15) is 63.0 Å². The number of hydrogen-bond donors (Lipinski definition) is 6. The fourth-order valence-corrected chi connectivity index (χ4v) is 4.38. The lowest BCUT2D eigenvalue weighted by molar-refractivity contribution is 0.102. The number of benzene rings is 2. The molecule has 42 heavy (non-hydrogen) atoms. The highest BCUT2D eigenvalue weighted by Gasteiger charge is 2.29. The Morgan fingerprint density at radius 2 is 1.76 bits per heavy atom. The van der Waals surface area contributed by atoms with E-state index in [4.69, 9.17) is 21.7 Å². The molecule has 10 nitrogen and oxygen atoms in total. The van der Waals surface area contributed by atoms with Crippen molar-refractivity contribution < 1.29 is 14.6 Å².